The molecule has 1 aromatic carbocycles. The standard InChI is InChI=1S/C16H23NO/c1-13(11-14-7-9-16(18)10-8-14)17-12-15-5-3-2-4-6-15/h5,7-10,13,17-18H,2-4,6,11-12H2,1H3. The molecule has 1 aliphatic carbocycles. The van der Waals surface area contributed by atoms with E-state index < -0.39 is 0 Å². The monoisotopic (exact) mass is 245 g/mol. The summed E-state index contributed by atoms with van der Waals surface area (Å²) in [6.45, 7) is 3.25. The van der Waals surface area contributed by atoms with Crippen LogP contribution in [0.2, 0.25) is 0 Å². The first-order valence-corrected chi connectivity index (χ1v) is 6.93. The Labute approximate surface area is 110 Å². The van der Waals surface area contributed by atoms with Gasteiger partial charge in [0, 0.05) is 12.6 Å². The van der Waals surface area contributed by atoms with Crippen LogP contribution in [0.1, 0.15) is 38.2 Å². The van der Waals surface area contributed by atoms with Crippen molar-refractivity contribution < 1.29 is 5.11 Å². The summed E-state index contributed by atoms with van der Waals surface area (Å²) < 4.78 is 0. The van der Waals surface area contributed by atoms with Crippen molar-refractivity contribution >= 4 is 0 Å². The molecule has 0 saturated heterocycles. The van der Waals surface area contributed by atoms with Crippen LogP contribution in [-0.4, -0.2) is 17.7 Å². The Morgan fingerprint density at radius 2 is 2.00 bits per heavy atom. The molecule has 2 N–H and O–H groups in total. The number of phenolic OH excluding ortho intramolecular Hbond substituents is 1. The van der Waals surface area contributed by atoms with Crippen molar-refractivity contribution in [1.29, 1.82) is 0 Å². The fraction of sp³-hybridized carbons (Fsp3) is 0.500. The number of allylic oxidation sites excluding steroid dienone is 1. The molecule has 0 spiro atoms. The molecule has 0 radical (unpaired) electrons. The van der Waals surface area contributed by atoms with E-state index in [-0.39, 0.29) is 0 Å². The zero-order chi connectivity index (χ0) is 12.8. The smallest absolute Gasteiger partial charge is 0.115 e. The van der Waals surface area contributed by atoms with Crippen molar-refractivity contribution in [3.8, 4) is 5.75 Å². The highest BCUT2D eigenvalue weighted by molar-refractivity contribution is 5.26. The zero-order valence-corrected chi connectivity index (χ0v) is 11.2. The van der Waals surface area contributed by atoms with Gasteiger partial charge in [-0.05, 0) is 56.7 Å². The van der Waals surface area contributed by atoms with E-state index >= 15 is 0 Å². The summed E-state index contributed by atoms with van der Waals surface area (Å²) in [5, 5.41) is 12.8. The summed E-state index contributed by atoms with van der Waals surface area (Å²) >= 11 is 0. The van der Waals surface area contributed by atoms with Crippen LogP contribution in [0.15, 0.2) is 35.9 Å². The highest BCUT2D eigenvalue weighted by Gasteiger charge is 2.06. The Bertz CT molecular complexity index is 394. The Morgan fingerprint density at radius 1 is 1.22 bits per heavy atom. The molecule has 0 saturated carbocycles. The molecule has 0 aliphatic heterocycles. The third kappa shape index (κ3) is 4.19. The van der Waals surface area contributed by atoms with E-state index in [4.69, 9.17) is 0 Å². The van der Waals surface area contributed by atoms with Gasteiger partial charge >= 0.3 is 0 Å². The van der Waals surface area contributed by atoms with E-state index in [1.165, 1.54) is 31.2 Å². The molecule has 1 aliphatic rings. The third-order valence-electron chi connectivity index (χ3n) is 3.54. The van der Waals surface area contributed by atoms with E-state index in [9.17, 15) is 5.11 Å². The van der Waals surface area contributed by atoms with Crippen LogP contribution >= 0.6 is 0 Å². The molecule has 98 valence electrons. The fourth-order valence-electron chi connectivity index (χ4n) is 2.43. The van der Waals surface area contributed by atoms with Crippen molar-refractivity contribution in [2.24, 2.45) is 0 Å². The van der Waals surface area contributed by atoms with Gasteiger partial charge in [-0.15, -0.1) is 0 Å². The van der Waals surface area contributed by atoms with Gasteiger partial charge in [0.15, 0.2) is 0 Å². The van der Waals surface area contributed by atoms with E-state index in [1.807, 2.05) is 12.1 Å². The van der Waals surface area contributed by atoms with Gasteiger partial charge in [0.2, 0.25) is 0 Å². The van der Waals surface area contributed by atoms with Gasteiger partial charge in [0.05, 0.1) is 0 Å². The minimum Gasteiger partial charge on any atom is -0.508 e. The van der Waals surface area contributed by atoms with Gasteiger partial charge in [0.1, 0.15) is 5.75 Å². The van der Waals surface area contributed by atoms with Crippen molar-refractivity contribution in [1.82, 2.24) is 5.32 Å². The molecule has 0 heterocycles. The first kappa shape index (κ1) is 13.2. The number of benzene rings is 1. The van der Waals surface area contributed by atoms with Crippen molar-refractivity contribution in [3.05, 3.63) is 41.5 Å². The van der Waals surface area contributed by atoms with E-state index in [1.54, 1.807) is 17.7 Å². The summed E-state index contributed by atoms with van der Waals surface area (Å²) in [4.78, 5) is 0. The lowest BCUT2D eigenvalue weighted by atomic mass is 9.99. The predicted octanol–water partition coefficient (Wildman–Crippen LogP) is 3.41. The van der Waals surface area contributed by atoms with Crippen molar-refractivity contribution in [2.75, 3.05) is 6.54 Å². The predicted molar refractivity (Wildman–Crippen MR) is 75.8 cm³/mol. The van der Waals surface area contributed by atoms with Gasteiger partial charge in [-0.25, -0.2) is 0 Å². The lowest BCUT2D eigenvalue weighted by Gasteiger charge is -2.18. The van der Waals surface area contributed by atoms with E-state index in [0.29, 0.717) is 11.8 Å². The van der Waals surface area contributed by atoms with Crippen LogP contribution in [0, 0.1) is 0 Å². The van der Waals surface area contributed by atoms with Crippen LogP contribution in [-0.2, 0) is 6.42 Å². The number of hydrogen-bond donors (Lipinski definition) is 2. The zero-order valence-electron chi connectivity index (χ0n) is 11.2. The van der Waals surface area contributed by atoms with Crippen LogP contribution in [0.3, 0.4) is 0 Å². The Morgan fingerprint density at radius 3 is 2.67 bits per heavy atom. The van der Waals surface area contributed by atoms with Crippen LogP contribution in [0.5, 0.6) is 5.75 Å². The summed E-state index contributed by atoms with van der Waals surface area (Å²) in [6.07, 6.45) is 8.62. The second kappa shape index (κ2) is 6.60. The SMILES string of the molecule is CC(Cc1ccc(O)cc1)NCC1=CCCCC1. The average Bonchev–Trinajstić information content (AvgIpc) is 2.40. The second-order valence-corrected chi connectivity index (χ2v) is 5.26. The molecule has 2 heteroatoms. The summed E-state index contributed by atoms with van der Waals surface area (Å²) in [5.74, 6) is 0.340. The number of nitrogens with one attached hydrogen (secondary N) is 1. The molecule has 1 unspecified atom stereocenters. The first-order valence-electron chi connectivity index (χ1n) is 6.93. The summed E-state index contributed by atoms with van der Waals surface area (Å²) in [7, 11) is 0. The van der Waals surface area contributed by atoms with Crippen LogP contribution < -0.4 is 5.32 Å². The Balaban J connectivity index is 1.76. The number of hydrogen-bond acceptors (Lipinski definition) is 2. The van der Waals surface area contributed by atoms with E-state index in [2.05, 4.69) is 18.3 Å². The van der Waals surface area contributed by atoms with Crippen LogP contribution in [0.25, 0.3) is 0 Å². The normalized spacial score (nSPS) is 17.3. The van der Waals surface area contributed by atoms with Gasteiger partial charge in [0.25, 0.3) is 0 Å². The maximum atomic E-state index is 9.24. The molecule has 0 amide bonds. The number of aromatic hydroxyl groups is 1. The van der Waals surface area contributed by atoms with Gasteiger partial charge in [-0.2, -0.15) is 0 Å². The molecule has 2 nitrogen and oxygen atoms in total. The minimum absolute atomic E-state index is 0.340. The fourth-order valence-corrected chi connectivity index (χ4v) is 2.43. The summed E-state index contributed by atoms with van der Waals surface area (Å²) in [6, 6.07) is 7.97. The second-order valence-electron chi connectivity index (χ2n) is 5.26. The van der Waals surface area contributed by atoms with Crippen molar-refractivity contribution in [2.45, 2.75) is 45.1 Å². The average molecular weight is 245 g/mol. The quantitative estimate of drug-likeness (QED) is 0.779. The maximum absolute atomic E-state index is 9.24. The molecule has 2 rings (SSSR count). The van der Waals surface area contributed by atoms with Gasteiger partial charge < -0.3 is 10.4 Å². The molecule has 0 bridgehead atoms. The van der Waals surface area contributed by atoms with E-state index in [0.717, 1.165) is 13.0 Å². The highest BCUT2D eigenvalue weighted by Crippen LogP contribution is 2.17. The van der Waals surface area contributed by atoms with Crippen molar-refractivity contribution in [3.63, 3.8) is 0 Å². The largest absolute Gasteiger partial charge is 0.508 e. The number of phenols is 1. The van der Waals surface area contributed by atoms with Gasteiger partial charge in [-0.1, -0.05) is 23.8 Å². The minimum atomic E-state index is 0.340. The highest BCUT2D eigenvalue weighted by atomic mass is 16.3. The molecule has 1 atom stereocenters. The molecular weight excluding hydrogens is 222 g/mol. The Kier molecular flexibility index (Phi) is 4.82. The summed E-state index contributed by atoms with van der Waals surface area (Å²) in [5.41, 5.74) is 2.84. The first-order chi connectivity index (χ1) is 8.74. The van der Waals surface area contributed by atoms with Crippen LogP contribution in [0.4, 0.5) is 0 Å². The van der Waals surface area contributed by atoms with Gasteiger partial charge in [-0.3, -0.25) is 0 Å². The third-order valence-corrected chi connectivity index (χ3v) is 3.54. The molecule has 18 heavy (non-hydrogen) atoms. The molecular formula is C16H23NO. The molecule has 1 aromatic rings. The Hall–Kier alpha value is -1.28. The lowest BCUT2D eigenvalue weighted by molar-refractivity contribution is 0.474. The lowest BCUT2D eigenvalue weighted by Crippen LogP contribution is -2.30. The number of rotatable bonds is 5. The molecule has 0 aromatic heterocycles. The molecule has 0 fully saturated rings. The topological polar surface area (TPSA) is 32.3 Å². The maximum Gasteiger partial charge on any atom is 0.115 e.